The fourth-order valence-electron chi connectivity index (χ4n) is 3.73. The summed E-state index contributed by atoms with van der Waals surface area (Å²) in [6, 6.07) is 14.1. The zero-order valence-electron chi connectivity index (χ0n) is 20.4. The lowest BCUT2D eigenvalue weighted by atomic mass is 10.0. The van der Waals surface area contributed by atoms with Gasteiger partial charge in [-0.3, -0.25) is 14.4 Å². The molecule has 9 nitrogen and oxygen atoms in total. The first kappa shape index (κ1) is 26.1. The number of nitrogens with one attached hydrogen (secondary N) is 1. The minimum Gasteiger partial charge on any atom is -0.399 e. The lowest BCUT2D eigenvalue weighted by Crippen LogP contribution is -2.34. The van der Waals surface area contributed by atoms with Crippen molar-refractivity contribution in [3.63, 3.8) is 0 Å². The van der Waals surface area contributed by atoms with E-state index < -0.39 is 0 Å². The molecule has 2 aromatic carbocycles. The summed E-state index contributed by atoms with van der Waals surface area (Å²) in [4.78, 5) is 36.5. The summed E-state index contributed by atoms with van der Waals surface area (Å²) < 4.78 is 0. The molecule has 0 fully saturated rings. The first-order chi connectivity index (χ1) is 17.9. The van der Waals surface area contributed by atoms with Gasteiger partial charge in [-0.05, 0) is 59.3 Å². The number of nitrogen functional groups attached to an aromatic ring is 1. The number of carbonyl (C=O) groups is 2. The zero-order chi connectivity index (χ0) is 26.4. The van der Waals surface area contributed by atoms with Gasteiger partial charge in [-0.1, -0.05) is 25.1 Å². The van der Waals surface area contributed by atoms with Crippen LogP contribution in [0.25, 0.3) is 6.08 Å². The van der Waals surface area contributed by atoms with E-state index in [1.54, 1.807) is 47.9 Å². The molecule has 1 aromatic heterocycles. The molecular weight excluding hydrogens is 490 g/mol. The third-order valence-electron chi connectivity index (χ3n) is 5.63. The van der Waals surface area contributed by atoms with E-state index in [2.05, 4.69) is 10.3 Å². The summed E-state index contributed by atoms with van der Waals surface area (Å²) >= 11 is 1.33. The fourth-order valence-corrected chi connectivity index (χ4v) is 4.52. The number of thiophene rings is 1. The van der Waals surface area contributed by atoms with Gasteiger partial charge in [0.25, 0.3) is 11.8 Å². The number of nitrogens with two attached hydrogens (primary N) is 2. The maximum absolute atomic E-state index is 13.4. The van der Waals surface area contributed by atoms with Crippen molar-refractivity contribution in [2.45, 2.75) is 33.0 Å². The number of fused-ring (bicyclic) bond motifs is 1. The second-order valence-electron chi connectivity index (χ2n) is 8.58. The number of rotatable bonds is 9. The van der Waals surface area contributed by atoms with Crippen molar-refractivity contribution in [2.75, 3.05) is 17.6 Å². The Bertz CT molecular complexity index is 1350. The summed E-state index contributed by atoms with van der Waals surface area (Å²) in [5.74, 6) is -0.336. The van der Waals surface area contributed by atoms with Crippen LogP contribution in [0.2, 0.25) is 0 Å². The van der Waals surface area contributed by atoms with Crippen LogP contribution in [0.4, 0.5) is 16.4 Å². The lowest BCUT2D eigenvalue weighted by Gasteiger charge is -2.22. The molecular formula is C27H29N5O4S. The van der Waals surface area contributed by atoms with Crippen LogP contribution in [0, 0.1) is 0 Å². The minimum atomic E-state index is -0.308. The van der Waals surface area contributed by atoms with Crippen LogP contribution in [0.5, 0.6) is 0 Å². The molecule has 0 saturated carbocycles. The monoisotopic (exact) mass is 519 g/mol. The van der Waals surface area contributed by atoms with Gasteiger partial charge in [0.05, 0.1) is 17.3 Å². The quantitative estimate of drug-likeness (QED) is 0.246. The van der Waals surface area contributed by atoms with Crippen LogP contribution in [-0.2, 0) is 22.8 Å². The number of nitrogens with zero attached hydrogens (tertiary/aromatic N) is 2. The molecule has 4 rings (SSSR count). The van der Waals surface area contributed by atoms with Crippen LogP contribution in [0.3, 0.4) is 0 Å². The minimum absolute atomic E-state index is 0.0886. The number of aliphatic imine (C=N–C) groups is 1. The number of carbonyl (C=O) groups excluding carboxylic acids is 2. The maximum Gasteiger partial charge on any atom is 0.273 e. The molecule has 3 aromatic rings. The molecule has 0 bridgehead atoms. The van der Waals surface area contributed by atoms with Crippen LogP contribution in [0.15, 0.2) is 64.5 Å². The third-order valence-corrected chi connectivity index (χ3v) is 6.52. The predicted molar refractivity (Wildman–Crippen MR) is 146 cm³/mol. The normalized spacial score (nSPS) is 12.7. The van der Waals surface area contributed by atoms with Crippen molar-refractivity contribution in [1.29, 1.82) is 0 Å². The number of hydroxylamine groups is 2. The Balaban J connectivity index is 1.52. The molecule has 0 saturated heterocycles. The number of anilines is 2. The second kappa shape index (κ2) is 11.8. The van der Waals surface area contributed by atoms with E-state index in [-0.39, 0.29) is 37.3 Å². The molecule has 0 aliphatic carbocycles. The number of aliphatic hydroxyl groups excluding tert-OH is 1. The van der Waals surface area contributed by atoms with E-state index in [0.717, 1.165) is 11.1 Å². The van der Waals surface area contributed by atoms with E-state index in [9.17, 15) is 14.7 Å². The van der Waals surface area contributed by atoms with E-state index in [0.29, 0.717) is 46.0 Å². The van der Waals surface area contributed by atoms with E-state index in [1.807, 2.05) is 19.1 Å². The van der Waals surface area contributed by atoms with Crippen LogP contribution in [-0.4, -0.2) is 34.4 Å². The molecule has 10 heteroatoms. The van der Waals surface area contributed by atoms with E-state index in [1.165, 1.54) is 16.4 Å². The maximum atomic E-state index is 13.4. The molecule has 0 unspecified atom stereocenters. The molecule has 1 aliphatic heterocycles. The highest BCUT2D eigenvalue weighted by Crippen LogP contribution is 2.29. The Labute approximate surface area is 219 Å². The Kier molecular flexibility index (Phi) is 8.34. The average molecular weight is 520 g/mol. The summed E-state index contributed by atoms with van der Waals surface area (Å²) in [5, 5.41) is 15.8. The Morgan fingerprint density at radius 2 is 1.92 bits per heavy atom. The van der Waals surface area contributed by atoms with Gasteiger partial charge in [0.15, 0.2) is 0 Å². The molecule has 1 aliphatic rings. The summed E-state index contributed by atoms with van der Waals surface area (Å²) in [7, 11) is 0. The molecule has 6 N–H and O–H groups in total. The van der Waals surface area contributed by atoms with Gasteiger partial charge in [-0.15, -0.1) is 11.3 Å². The van der Waals surface area contributed by atoms with Crippen LogP contribution >= 0.6 is 11.3 Å². The van der Waals surface area contributed by atoms with Gasteiger partial charge in [-0.2, -0.15) is 0 Å². The van der Waals surface area contributed by atoms with Crippen molar-refractivity contribution >= 4 is 51.4 Å². The van der Waals surface area contributed by atoms with E-state index >= 15 is 0 Å². The zero-order valence-corrected chi connectivity index (χ0v) is 21.3. The fraction of sp³-hybridized carbons (Fsp3) is 0.222. The summed E-state index contributed by atoms with van der Waals surface area (Å²) in [6.07, 6.45) is 2.60. The Morgan fingerprint density at radius 3 is 2.62 bits per heavy atom. The van der Waals surface area contributed by atoms with Crippen molar-refractivity contribution in [2.24, 2.45) is 10.7 Å². The lowest BCUT2D eigenvalue weighted by molar-refractivity contribution is -0.187. The number of hydrogen-bond acceptors (Lipinski definition) is 8. The topological polar surface area (TPSA) is 143 Å². The molecule has 0 radical (unpaired) electrons. The smallest absolute Gasteiger partial charge is 0.273 e. The van der Waals surface area contributed by atoms with Crippen molar-refractivity contribution in [1.82, 2.24) is 5.06 Å². The van der Waals surface area contributed by atoms with E-state index in [4.69, 9.17) is 16.3 Å². The third kappa shape index (κ3) is 6.62. The van der Waals surface area contributed by atoms with Gasteiger partial charge in [-0.25, -0.2) is 10.1 Å². The summed E-state index contributed by atoms with van der Waals surface area (Å²) in [6.45, 7) is 2.51. The highest BCUT2D eigenvalue weighted by atomic mass is 32.1. The first-order valence-corrected chi connectivity index (χ1v) is 12.7. The number of hydrogen-bond donors (Lipinski definition) is 4. The molecule has 37 heavy (non-hydrogen) atoms. The van der Waals surface area contributed by atoms with Crippen molar-refractivity contribution in [3.05, 3.63) is 81.7 Å². The number of amidine groups is 1. The largest absolute Gasteiger partial charge is 0.399 e. The number of aliphatic hydroxyl groups is 1. The van der Waals surface area contributed by atoms with Crippen molar-refractivity contribution in [3.8, 4) is 0 Å². The summed E-state index contributed by atoms with van der Waals surface area (Å²) in [5.41, 5.74) is 16.2. The number of amides is 2. The van der Waals surface area contributed by atoms with Gasteiger partial charge in [0.1, 0.15) is 12.4 Å². The molecule has 2 amide bonds. The highest BCUT2D eigenvalue weighted by Gasteiger charge is 2.23. The molecule has 2 heterocycles. The SMILES string of the molecule is CCCN(OCc1ccc(N)cc1)C(=O)C1=Cc2ccc(C(=O)Nc3cc(CO)cs3)cc2N=C(N)C1. The Hall–Kier alpha value is -3.99. The first-order valence-electron chi connectivity index (χ1n) is 11.8. The molecule has 192 valence electrons. The standard InChI is InChI=1S/C27H29N5O4S/c1-2-9-32(36-15-17-3-7-22(28)8-4-17)27(35)21-11-19-5-6-20(12-23(19)30-24(29)13-21)26(34)31-25-10-18(14-33)16-37-25/h3-8,10-12,16,33H,2,9,13-15,28H2,1H3,(H2,29,30)(H,31,34). The molecule has 0 spiro atoms. The second-order valence-corrected chi connectivity index (χ2v) is 9.49. The van der Waals surface area contributed by atoms with Gasteiger partial charge in [0, 0.05) is 35.4 Å². The Morgan fingerprint density at radius 1 is 1.14 bits per heavy atom. The van der Waals surface area contributed by atoms with Gasteiger partial charge >= 0.3 is 0 Å². The highest BCUT2D eigenvalue weighted by molar-refractivity contribution is 7.14. The predicted octanol–water partition coefficient (Wildman–Crippen LogP) is 4.22. The van der Waals surface area contributed by atoms with Gasteiger partial charge in [0.2, 0.25) is 0 Å². The van der Waals surface area contributed by atoms with Gasteiger partial charge < -0.3 is 21.9 Å². The van der Waals surface area contributed by atoms with Crippen molar-refractivity contribution < 1.29 is 19.5 Å². The average Bonchev–Trinajstić information content (AvgIpc) is 3.27. The number of benzene rings is 2. The van der Waals surface area contributed by atoms with Crippen LogP contribution < -0.4 is 16.8 Å². The van der Waals surface area contributed by atoms with Crippen LogP contribution in [0.1, 0.15) is 46.8 Å². The molecule has 0 atom stereocenters.